The Morgan fingerprint density at radius 3 is 1.95 bits per heavy atom. The molecule has 57 heavy (non-hydrogen) atoms. The van der Waals surface area contributed by atoms with Gasteiger partial charge in [-0.15, -0.1) is 5.10 Å². The molecular formula is C42H40F2N4O7P2. The molecule has 15 heteroatoms. The first-order valence-electron chi connectivity index (χ1n) is 18.1. The number of rotatable bonds is 13. The van der Waals surface area contributed by atoms with Gasteiger partial charge in [0.1, 0.15) is 5.52 Å². The quantitative estimate of drug-likeness (QED) is 0.0717. The van der Waals surface area contributed by atoms with Gasteiger partial charge in [0, 0.05) is 23.8 Å². The molecule has 2 unspecified atom stereocenters. The number of hydrogen-bond donors (Lipinski definition) is 5. The van der Waals surface area contributed by atoms with Gasteiger partial charge in [-0.25, -0.2) is 9.67 Å². The van der Waals surface area contributed by atoms with Gasteiger partial charge < -0.3 is 24.7 Å². The van der Waals surface area contributed by atoms with Crippen LogP contribution in [-0.4, -0.2) is 44.7 Å². The number of halogens is 2. The third-order valence-electron chi connectivity index (χ3n) is 10.2. The minimum atomic E-state index is -5.77. The predicted octanol–water partition coefficient (Wildman–Crippen LogP) is 7.99. The molecule has 7 aromatic rings. The third-order valence-corrected chi connectivity index (χ3v) is 12.1. The van der Waals surface area contributed by atoms with Crippen LogP contribution in [0.5, 0.6) is 0 Å². The zero-order chi connectivity index (χ0) is 40.8. The van der Waals surface area contributed by atoms with Crippen LogP contribution in [0.4, 0.5) is 8.78 Å². The monoisotopic (exact) mass is 812 g/mol. The molecule has 0 saturated heterocycles. The molecule has 0 radical (unpaired) electrons. The average molecular weight is 813 g/mol. The molecule has 0 fully saturated rings. The Labute approximate surface area is 327 Å². The Bertz CT molecular complexity index is 2650. The molecule has 5 aromatic carbocycles. The largest absolute Gasteiger partial charge is 0.399 e. The van der Waals surface area contributed by atoms with Gasteiger partial charge in [0.25, 0.3) is 0 Å². The highest BCUT2D eigenvalue weighted by Crippen LogP contribution is 2.59. The maximum absolute atomic E-state index is 14.6. The summed E-state index contributed by atoms with van der Waals surface area (Å²) in [6.07, 6.45) is 0.0893. The number of fused-ring (bicyclic) bond motifs is 2. The summed E-state index contributed by atoms with van der Waals surface area (Å²) in [5.74, 6) is 0.183. The Morgan fingerprint density at radius 1 is 0.719 bits per heavy atom. The summed E-state index contributed by atoms with van der Waals surface area (Å²) in [4.78, 5) is 44.0. The molecule has 2 atom stereocenters. The molecule has 0 aliphatic carbocycles. The van der Waals surface area contributed by atoms with Crippen molar-refractivity contribution in [3.63, 3.8) is 0 Å². The lowest BCUT2D eigenvalue weighted by Gasteiger charge is -2.36. The van der Waals surface area contributed by atoms with Gasteiger partial charge in [-0.05, 0) is 70.5 Å². The normalized spacial score (nSPS) is 14.3. The standard InChI is InChI=1S/C42H40F2N4O7P2/c1-27(2)22-38(49)36-21-18-31-23-32(24-39(40(31)45-36)56(50,51)52)30-16-12-28(13-17-30)25-41(33-8-4-3-5-9-33,48-37-11-7-6-10-35(37)46-47-48)26-29-14-19-34(20-15-29)42(43,44)57(53,54)55/h3-21,23-24,27,38,49H,22,25-26H2,1-2H3,(H2,50,51,52)(H2,53,54,55). The first-order valence-corrected chi connectivity index (χ1v) is 21.4. The molecule has 5 N–H and O–H groups in total. The van der Waals surface area contributed by atoms with Gasteiger partial charge in [0.2, 0.25) is 0 Å². The summed E-state index contributed by atoms with van der Waals surface area (Å²) in [7, 11) is -10.6. The third kappa shape index (κ3) is 8.10. The topological polar surface area (TPSA) is 179 Å². The van der Waals surface area contributed by atoms with E-state index in [1.807, 2.05) is 97.4 Å². The van der Waals surface area contributed by atoms with Crippen LogP contribution in [-0.2, 0) is 33.2 Å². The second kappa shape index (κ2) is 15.4. The fourth-order valence-electron chi connectivity index (χ4n) is 7.33. The van der Waals surface area contributed by atoms with Crippen molar-refractivity contribution in [2.45, 2.75) is 50.4 Å². The van der Waals surface area contributed by atoms with Gasteiger partial charge in [0.05, 0.1) is 33.7 Å². The zero-order valence-corrected chi connectivity index (χ0v) is 32.7. The van der Waals surface area contributed by atoms with Crippen LogP contribution in [0, 0.1) is 5.92 Å². The van der Waals surface area contributed by atoms with Crippen molar-refractivity contribution in [1.29, 1.82) is 0 Å². The molecule has 0 spiro atoms. The lowest BCUT2D eigenvalue weighted by atomic mass is 9.78. The molecule has 0 bridgehead atoms. The van der Waals surface area contributed by atoms with E-state index in [-0.39, 0.29) is 23.2 Å². The SMILES string of the molecule is CC(C)CC(O)c1ccc2cc(-c3ccc(CC(Cc4ccc(C(F)(F)P(=O)(O)O)cc4)(c4ccccc4)n4nnc5ccccc54)cc3)cc(P(=O)(O)O)c2n1. The van der Waals surface area contributed by atoms with Crippen LogP contribution < -0.4 is 5.30 Å². The number of pyridine rings is 1. The first kappa shape index (κ1) is 40.2. The van der Waals surface area contributed by atoms with E-state index in [0.717, 1.165) is 28.8 Å². The summed E-state index contributed by atoms with van der Waals surface area (Å²) < 4.78 is 55.5. The van der Waals surface area contributed by atoms with Gasteiger partial charge >= 0.3 is 20.9 Å². The van der Waals surface area contributed by atoms with E-state index in [9.17, 15) is 42.6 Å². The maximum Gasteiger partial charge on any atom is 0.399 e. The Hall–Kier alpha value is -4.97. The van der Waals surface area contributed by atoms with Gasteiger partial charge in [-0.3, -0.25) is 9.13 Å². The van der Waals surface area contributed by atoms with E-state index in [4.69, 9.17) is 0 Å². The van der Waals surface area contributed by atoms with Crippen LogP contribution in [0.25, 0.3) is 33.1 Å². The number of alkyl halides is 2. The molecule has 0 aliphatic heterocycles. The van der Waals surface area contributed by atoms with Crippen molar-refractivity contribution in [3.05, 3.63) is 155 Å². The van der Waals surface area contributed by atoms with Crippen molar-refractivity contribution in [1.82, 2.24) is 20.0 Å². The van der Waals surface area contributed by atoms with E-state index < -0.39 is 38.1 Å². The molecular weight excluding hydrogens is 772 g/mol. The number of aliphatic hydroxyl groups is 1. The lowest BCUT2D eigenvalue weighted by Crippen LogP contribution is -2.40. The van der Waals surface area contributed by atoms with Crippen molar-refractivity contribution < 1.29 is 42.6 Å². The number of aromatic nitrogens is 4. The summed E-state index contributed by atoms with van der Waals surface area (Å²) in [6, 6.07) is 36.0. The summed E-state index contributed by atoms with van der Waals surface area (Å²) in [5, 5.41) is 20.0. The number of hydrogen-bond acceptors (Lipinski definition) is 6. The maximum atomic E-state index is 14.6. The minimum Gasteiger partial charge on any atom is -0.387 e. The van der Waals surface area contributed by atoms with Crippen molar-refractivity contribution in [2.75, 3.05) is 0 Å². The van der Waals surface area contributed by atoms with Crippen molar-refractivity contribution in [3.8, 4) is 11.1 Å². The highest BCUT2D eigenvalue weighted by atomic mass is 31.2. The van der Waals surface area contributed by atoms with E-state index in [0.29, 0.717) is 46.1 Å². The van der Waals surface area contributed by atoms with E-state index >= 15 is 0 Å². The molecule has 0 saturated carbocycles. The van der Waals surface area contributed by atoms with Crippen molar-refractivity contribution in [2.24, 2.45) is 5.92 Å². The van der Waals surface area contributed by atoms with Gasteiger partial charge in [0.15, 0.2) is 0 Å². The van der Waals surface area contributed by atoms with Gasteiger partial charge in [-0.2, -0.15) is 8.78 Å². The van der Waals surface area contributed by atoms with E-state index in [1.165, 1.54) is 18.2 Å². The number of aliphatic hydroxyl groups excluding tert-OH is 1. The number of benzene rings is 5. The fourth-order valence-corrected chi connectivity index (χ4v) is 8.57. The lowest BCUT2D eigenvalue weighted by molar-refractivity contribution is 0.0564. The van der Waals surface area contributed by atoms with Crippen LogP contribution in [0.15, 0.2) is 127 Å². The van der Waals surface area contributed by atoms with E-state index in [2.05, 4.69) is 15.3 Å². The fraction of sp³-hybridized carbons (Fsp3) is 0.214. The second-order valence-electron chi connectivity index (χ2n) is 14.7. The summed E-state index contributed by atoms with van der Waals surface area (Å²) >= 11 is 0. The molecule has 0 aliphatic rings. The number of nitrogens with zero attached hydrogens (tertiary/aromatic N) is 4. The molecule has 2 heterocycles. The van der Waals surface area contributed by atoms with Gasteiger partial charge in [-0.1, -0.05) is 116 Å². The highest BCUT2D eigenvalue weighted by molar-refractivity contribution is 7.60. The van der Waals surface area contributed by atoms with Crippen LogP contribution in [0.2, 0.25) is 0 Å². The average Bonchev–Trinajstić information content (AvgIpc) is 3.62. The van der Waals surface area contributed by atoms with Crippen molar-refractivity contribution >= 4 is 42.4 Å². The molecule has 2 aromatic heterocycles. The van der Waals surface area contributed by atoms with Crippen LogP contribution >= 0.6 is 15.2 Å². The Balaban J connectivity index is 1.31. The highest BCUT2D eigenvalue weighted by Gasteiger charge is 2.50. The molecule has 7 rings (SSSR count). The Morgan fingerprint density at radius 2 is 1.33 bits per heavy atom. The Kier molecular flexibility index (Phi) is 10.9. The van der Waals surface area contributed by atoms with E-state index in [1.54, 1.807) is 18.2 Å². The summed E-state index contributed by atoms with van der Waals surface area (Å²) in [6.45, 7) is 3.93. The smallest absolute Gasteiger partial charge is 0.387 e. The van der Waals surface area contributed by atoms with Crippen LogP contribution in [0.3, 0.4) is 0 Å². The molecule has 294 valence electrons. The predicted molar refractivity (Wildman–Crippen MR) is 214 cm³/mol. The first-order chi connectivity index (χ1) is 27.0. The molecule has 0 amide bonds. The number of para-hydroxylation sites is 1. The minimum absolute atomic E-state index is 0.121. The van der Waals surface area contributed by atoms with Crippen LogP contribution in [0.1, 0.15) is 54.3 Å². The molecule has 11 nitrogen and oxygen atoms in total. The second-order valence-corrected chi connectivity index (χ2v) is 17.9. The summed E-state index contributed by atoms with van der Waals surface area (Å²) in [5.41, 5.74) is -0.868. The zero-order valence-electron chi connectivity index (χ0n) is 30.9.